The van der Waals surface area contributed by atoms with Gasteiger partial charge < -0.3 is 14.3 Å². The fourth-order valence-corrected chi connectivity index (χ4v) is 5.16. The molecule has 0 spiro atoms. The number of hydrogen-bond donors (Lipinski definition) is 1. The molecule has 6 rings (SSSR count). The van der Waals surface area contributed by atoms with E-state index in [1.807, 2.05) is 37.1 Å². The van der Waals surface area contributed by atoms with Crippen LogP contribution in [0.2, 0.25) is 0 Å². The van der Waals surface area contributed by atoms with E-state index < -0.39 is 0 Å². The standard InChI is InChI=1S/C26H25N5O2/c1-16-24-19(14-22(23-8-5-13-33-23)28-25(24)30(2)29-16)26(32)31-11-9-17(10-12-31)20-15-27-21-7-4-3-6-18(20)21/h3-8,13-15,17,27H,9-12H2,1-2H3. The van der Waals surface area contributed by atoms with Crippen LogP contribution < -0.4 is 0 Å². The number of benzene rings is 1. The zero-order valence-corrected chi connectivity index (χ0v) is 18.7. The fourth-order valence-electron chi connectivity index (χ4n) is 5.16. The summed E-state index contributed by atoms with van der Waals surface area (Å²) in [5.41, 5.74) is 5.31. The highest BCUT2D eigenvalue weighted by molar-refractivity contribution is 6.07. The number of aromatic nitrogens is 4. The molecule has 0 aliphatic carbocycles. The lowest BCUT2D eigenvalue weighted by Crippen LogP contribution is -2.38. The summed E-state index contributed by atoms with van der Waals surface area (Å²) in [6.07, 6.45) is 5.64. The Morgan fingerprint density at radius 3 is 2.76 bits per heavy atom. The highest BCUT2D eigenvalue weighted by Crippen LogP contribution is 2.34. The van der Waals surface area contributed by atoms with Crippen LogP contribution in [0.25, 0.3) is 33.4 Å². The van der Waals surface area contributed by atoms with Crippen LogP contribution in [0.5, 0.6) is 0 Å². The van der Waals surface area contributed by atoms with Gasteiger partial charge in [-0.1, -0.05) is 18.2 Å². The zero-order chi connectivity index (χ0) is 22.5. The maximum absolute atomic E-state index is 13.7. The minimum absolute atomic E-state index is 0.0312. The molecule has 5 heterocycles. The number of furan rings is 1. The Labute approximate surface area is 191 Å². The van der Waals surface area contributed by atoms with Gasteiger partial charge in [0.1, 0.15) is 5.69 Å². The monoisotopic (exact) mass is 439 g/mol. The number of aryl methyl sites for hydroxylation is 2. The summed E-state index contributed by atoms with van der Waals surface area (Å²) in [7, 11) is 1.86. The third kappa shape index (κ3) is 3.23. The molecule has 0 atom stereocenters. The van der Waals surface area contributed by atoms with Gasteiger partial charge in [-0.2, -0.15) is 5.10 Å². The summed E-state index contributed by atoms with van der Waals surface area (Å²) in [6.45, 7) is 3.38. The molecule has 1 aliphatic rings. The van der Waals surface area contributed by atoms with Gasteiger partial charge in [0.2, 0.25) is 0 Å². The molecule has 4 aromatic heterocycles. The highest BCUT2D eigenvalue weighted by atomic mass is 16.3. The molecule has 0 radical (unpaired) electrons. The van der Waals surface area contributed by atoms with Crippen LogP contribution in [0.1, 0.15) is 40.4 Å². The Kier molecular flexibility index (Phi) is 4.57. The zero-order valence-electron chi connectivity index (χ0n) is 18.7. The average Bonchev–Trinajstić information content (AvgIpc) is 3.58. The van der Waals surface area contributed by atoms with Crippen molar-refractivity contribution in [3.63, 3.8) is 0 Å². The molecule has 7 heteroatoms. The lowest BCUT2D eigenvalue weighted by molar-refractivity contribution is 0.0715. The van der Waals surface area contributed by atoms with E-state index in [1.54, 1.807) is 10.9 Å². The normalized spacial score (nSPS) is 15.0. The van der Waals surface area contributed by atoms with Crippen molar-refractivity contribution in [2.24, 2.45) is 7.05 Å². The molecule has 1 aliphatic heterocycles. The van der Waals surface area contributed by atoms with Gasteiger partial charge in [-0.3, -0.25) is 9.48 Å². The highest BCUT2D eigenvalue weighted by Gasteiger charge is 2.28. The van der Waals surface area contributed by atoms with E-state index in [-0.39, 0.29) is 5.91 Å². The van der Waals surface area contributed by atoms with Gasteiger partial charge in [-0.05, 0) is 55.5 Å². The molecule has 0 bridgehead atoms. The molecule has 7 nitrogen and oxygen atoms in total. The number of para-hydroxylation sites is 1. The second kappa shape index (κ2) is 7.62. The second-order valence-corrected chi connectivity index (χ2v) is 8.80. The van der Waals surface area contributed by atoms with E-state index in [1.165, 1.54) is 16.5 Å². The van der Waals surface area contributed by atoms with E-state index in [0.717, 1.165) is 37.0 Å². The van der Waals surface area contributed by atoms with Crippen LogP contribution in [0.4, 0.5) is 0 Å². The molecular formula is C26H25N5O2. The predicted octanol–water partition coefficient (Wildman–Crippen LogP) is 5.04. The van der Waals surface area contributed by atoms with E-state index in [4.69, 9.17) is 9.40 Å². The first-order chi connectivity index (χ1) is 16.1. The average molecular weight is 440 g/mol. The Morgan fingerprint density at radius 2 is 1.97 bits per heavy atom. The summed E-state index contributed by atoms with van der Waals surface area (Å²) in [6, 6.07) is 14.0. The van der Waals surface area contributed by atoms with Crippen molar-refractivity contribution in [2.75, 3.05) is 13.1 Å². The number of carbonyl (C=O) groups excluding carboxylic acids is 1. The summed E-state index contributed by atoms with van der Waals surface area (Å²) in [5.74, 6) is 1.12. The van der Waals surface area contributed by atoms with Crippen molar-refractivity contribution in [1.82, 2.24) is 24.6 Å². The molecule has 166 valence electrons. The lowest BCUT2D eigenvalue weighted by atomic mass is 9.89. The largest absolute Gasteiger partial charge is 0.463 e. The van der Waals surface area contributed by atoms with Gasteiger partial charge in [-0.25, -0.2) is 4.98 Å². The smallest absolute Gasteiger partial charge is 0.254 e. The number of hydrogen-bond acceptors (Lipinski definition) is 4. The predicted molar refractivity (Wildman–Crippen MR) is 127 cm³/mol. The van der Waals surface area contributed by atoms with Gasteiger partial charge in [0.15, 0.2) is 11.4 Å². The Bertz CT molecular complexity index is 1470. The second-order valence-electron chi connectivity index (χ2n) is 8.80. The van der Waals surface area contributed by atoms with Crippen molar-refractivity contribution in [3.05, 3.63) is 71.7 Å². The van der Waals surface area contributed by atoms with Crippen LogP contribution in [0, 0.1) is 6.92 Å². The Morgan fingerprint density at radius 1 is 1.15 bits per heavy atom. The molecular weight excluding hydrogens is 414 g/mol. The summed E-state index contributed by atoms with van der Waals surface area (Å²) >= 11 is 0. The van der Waals surface area contributed by atoms with Crippen LogP contribution in [-0.4, -0.2) is 43.6 Å². The van der Waals surface area contributed by atoms with E-state index in [2.05, 4.69) is 40.5 Å². The Balaban J connectivity index is 1.31. The summed E-state index contributed by atoms with van der Waals surface area (Å²) in [4.78, 5) is 23.8. The van der Waals surface area contributed by atoms with Crippen molar-refractivity contribution < 1.29 is 9.21 Å². The summed E-state index contributed by atoms with van der Waals surface area (Å²) < 4.78 is 7.30. The lowest BCUT2D eigenvalue weighted by Gasteiger charge is -2.32. The first kappa shape index (κ1) is 19.8. The number of fused-ring (bicyclic) bond motifs is 2. The number of pyridine rings is 1. The molecule has 1 N–H and O–H groups in total. The number of nitrogens with one attached hydrogen (secondary N) is 1. The minimum atomic E-state index is 0.0312. The quantitative estimate of drug-likeness (QED) is 0.427. The Hall–Kier alpha value is -3.87. The van der Waals surface area contributed by atoms with E-state index in [0.29, 0.717) is 28.6 Å². The van der Waals surface area contributed by atoms with Gasteiger partial charge >= 0.3 is 0 Å². The molecule has 1 fully saturated rings. The third-order valence-electron chi connectivity index (χ3n) is 6.82. The molecule has 1 saturated heterocycles. The number of aromatic amines is 1. The van der Waals surface area contributed by atoms with Gasteiger partial charge in [-0.15, -0.1) is 0 Å². The first-order valence-electron chi connectivity index (χ1n) is 11.3. The van der Waals surface area contributed by atoms with Gasteiger partial charge in [0.05, 0.1) is 22.9 Å². The fraction of sp³-hybridized carbons (Fsp3) is 0.269. The van der Waals surface area contributed by atoms with E-state index in [9.17, 15) is 4.79 Å². The number of likely N-dealkylation sites (tertiary alicyclic amines) is 1. The van der Waals surface area contributed by atoms with Gasteiger partial charge in [0.25, 0.3) is 5.91 Å². The van der Waals surface area contributed by atoms with Gasteiger partial charge in [0, 0.05) is 37.2 Å². The molecule has 0 unspecified atom stereocenters. The number of H-pyrrole nitrogens is 1. The van der Waals surface area contributed by atoms with Crippen LogP contribution in [-0.2, 0) is 7.05 Å². The molecule has 0 saturated carbocycles. The van der Waals surface area contributed by atoms with Crippen LogP contribution in [0.3, 0.4) is 0 Å². The minimum Gasteiger partial charge on any atom is -0.463 e. The summed E-state index contributed by atoms with van der Waals surface area (Å²) in [5, 5.41) is 6.63. The number of carbonyl (C=O) groups is 1. The van der Waals surface area contributed by atoms with Crippen molar-refractivity contribution >= 4 is 27.8 Å². The molecule has 5 aromatic rings. The molecule has 33 heavy (non-hydrogen) atoms. The topological polar surface area (TPSA) is 79.9 Å². The maximum atomic E-state index is 13.7. The van der Waals surface area contributed by atoms with Crippen molar-refractivity contribution in [3.8, 4) is 11.5 Å². The third-order valence-corrected chi connectivity index (χ3v) is 6.82. The van der Waals surface area contributed by atoms with E-state index >= 15 is 0 Å². The first-order valence-corrected chi connectivity index (χ1v) is 11.3. The van der Waals surface area contributed by atoms with Crippen molar-refractivity contribution in [1.29, 1.82) is 0 Å². The maximum Gasteiger partial charge on any atom is 0.254 e. The molecule has 1 amide bonds. The number of amides is 1. The van der Waals surface area contributed by atoms with Crippen LogP contribution in [0.15, 0.2) is 59.3 Å². The molecule has 1 aromatic carbocycles. The number of rotatable bonds is 3. The number of nitrogens with zero attached hydrogens (tertiary/aromatic N) is 4. The number of piperidine rings is 1. The SMILES string of the molecule is Cc1nn(C)c2nc(-c3ccco3)cc(C(=O)N3CCC(c4c[nH]c5ccccc45)CC3)c12. The van der Waals surface area contributed by atoms with Crippen LogP contribution >= 0.6 is 0 Å². The van der Waals surface area contributed by atoms with Crippen molar-refractivity contribution in [2.45, 2.75) is 25.7 Å².